The molecule has 1 aliphatic heterocycles. The van der Waals surface area contributed by atoms with Gasteiger partial charge in [0.05, 0.1) is 26.4 Å². The second-order valence-electron chi connectivity index (χ2n) is 7.68. The van der Waals surface area contributed by atoms with E-state index in [4.69, 9.17) is 14.2 Å². The summed E-state index contributed by atoms with van der Waals surface area (Å²) in [5, 5.41) is 0. The van der Waals surface area contributed by atoms with Crippen LogP contribution in [-0.2, 0) is 17.8 Å². The summed E-state index contributed by atoms with van der Waals surface area (Å²) in [6.07, 6.45) is 3.87. The lowest BCUT2D eigenvalue weighted by molar-refractivity contribution is 0.0325. The Hall–Kier alpha value is -2.15. The zero-order valence-corrected chi connectivity index (χ0v) is 17.8. The first-order valence-corrected chi connectivity index (χ1v) is 10.4. The maximum atomic E-state index is 5.96. The van der Waals surface area contributed by atoms with E-state index < -0.39 is 0 Å². The van der Waals surface area contributed by atoms with E-state index in [9.17, 15) is 0 Å². The van der Waals surface area contributed by atoms with Crippen LogP contribution < -0.4 is 9.47 Å². The number of ether oxygens (including phenoxy) is 3. The van der Waals surface area contributed by atoms with Crippen LogP contribution in [0.4, 0.5) is 0 Å². The van der Waals surface area contributed by atoms with Crippen molar-refractivity contribution in [3.63, 3.8) is 0 Å². The minimum atomic E-state index is 0.104. The molecule has 0 amide bonds. The van der Waals surface area contributed by atoms with Crippen molar-refractivity contribution in [1.29, 1.82) is 0 Å². The van der Waals surface area contributed by atoms with Gasteiger partial charge in [0, 0.05) is 51.7 Å². The van der Waals surface area contributed by atoms with Crippen LogP contribution in [0.25, 0.3) is 0 Å². The molecular weight excluding hydrogens is 366 g/mol. The number of nitrogens with zero attached hydrogens (tertiary/aromatic N) is 3. The Morgan fingerprint density at radius 3 is 2.59 bits per heavy atom. The van der Waals surface area contributed by atoms with Crippen LogP contribution in [0.1, 0.15) is 25.0 Å². The van der Waals surface area contributed by atoms with Gasteiger partial charge in [-0.2, -0.15) is 0 Å². The molecule has 0 N–H and O–H groups in total. The number of pyridine rings is 1. The van der Waals surface area contributed by atoms with Gasteiger partial charge in [-0.05, 0) is 43.2 Å². The van der Waals surface area contributed by atoms with Gasteiger partial charge in [0.2, 0.25) is 0 Å². The number of methoxy groups -OCH3 is 1. The summed E-state index contributed by atoms with van der Waals surface area (Å²) in [6.45, 7) is 11.5. The highest BCUT2D eigenvalue weighted by Gasteiger charge is 2.15. The standard InChI is InChI=1S/C23H33N3O3/c1-19(2)29-23-15-20(6-7-22(23)27-3)17-26(18-21-5-4-8-24-16-21)10-9-25-11-13-28-14-12-25/h4-8,15-16,19H,9-14,17-18H2,1-3H3. The molecule has 29 heavy (non-hydrogen) atoms. The Labute approximate surface area is 174 Å². The highest BCUT2D eigenvalue weighted by Crippen LogP contribution is 2.29. The summed E-state index contributed by atoms with van der Waals surface area (Å²) in [6, 6.07) is 10.4. The molecule has 6 heteroatoms. The van der Waals surface area contributed by atoms with E-state index in [-0.39, 0.29) is 6.10 Å². The van der Waals surface area contributed by atoms with Crippen LogP contribution in [-0.4, -0.2) is 67.4 Å². The zero-order valence-electron chi connectivity index (χ0n) is 17.8. The highest BCUT2D eigenvalue weighted by molar-refractivity contribution is 5.43. The molecule has 1 aromatic heterocycles. The second-order valence-corrected chi connectivity index (χ2v) is 7.68. The summed E-state index contributed by atoms with van der Waals surface area (Å²) < 4.78 is 16.9. The molecule has 0 spiro atoms. The molecule has 0 atom stereocenters. The number of benzene rings is 1. The minimum Gasteiger partial charge on any atom is -0.493 e. The van der Waals surface area contributed by atoms with E-state index >= 15 is 0 Å². The van der Waals surface area contributed by atoms with Gasteiger partial charge in [-0.25, -0.2) is 0 Å². The predicted octanol–water partition coefficient (Wildman–Crippen LogP) is 3.21. The van der Waals surface area contributed by atoms with Crippen LogP contribution in [0, 0.1) is 0 Å². The van der Waals surface area contributed by atoms with E-state index in [0.717, 1.165) is 64.0 Å². The molecule has 1 aliphatic rings. The Morgan fingerprint density at radius 1 is 1.10 bits per heavy atom. The fourth-order valence-electron chi connectivity index (χ4n) is 3.50. The largest absolute Gasteiger partial charge is 0.493 e. The fourth-order valence-corrected chi connectivity index (χ4v) is 3.50. The zero-order chi connectivity index (χ0) is 20.5. The van der Waals surface area contributed by atoms with Crippen LogP contribution in [0.5, 0.6) is 11.5 Å². The molecule has 0 radical (unpaired) electrons. The van der Waals surface area contributed by atoms with Gasteiger partial charge < -0.3 is 14.2 Å². The van der Waals surface area contributed by atoms with Crippen LogP contribution in [0.2, 0.25) is 0 Å². The molecule has 1 saturated heterocycles. The summed E-state index contributed by atoms with van der Waals surface area (Å²) >= 11 is 0. The Kier molecular flexibility index (Phi) is 8.28. The van der Waals surface area contributed by atoms with E-state index in [0.29, 0.717) is 0 Å². The smallest absolute Gasteiger partial charge is 0.161 e. The molecule has 2 aromatic rings. The van der Waals surface area contributed by atoms with Gasteiger partial charge in [-0.3, -0.25) is 14.8 Å². The Balaban J connectivity index is 1.70. The number of hydrogen-bond acceptors (Lipinski definition) is 6. The molecule has 0 saturated carbocycles. The summed E-state index contributed by atoms with van der Waals surface area (Å²) in [5.41, 5.74) is 2.44. The Morgan fingerprint density at radius 2 is 1.90 bits per heavy atom. The molecule has 0 unspecified atom stereocenters. The maximum Gasteiger partial charge on any atom is 0.161 e. The highest BCUT2D eigenvalue weighted by atomic mass is 16.5. The summed E-state index contributed by atoms with van der Waals surface area (Å²) in [4.78, 5) is 9.21. The van der Waals surface area contributed by atoms with E-state index in [1.54, 1.807) is 7.11 Å². The molecule has 0 aliphatic carbocycles. The molecule has 3 rings (SSSR count). The Bertz CT molecular complexity index is 733. The van der Waals surface area contributed by atoms with Crippen LogP contribution in [0.3, 0.4) is 0 Å². The van der Waals surface area contributed by atoms with Crippen molar-refractivity contribution in [1.82, 2.24) is 14.8 Å². The lowest BCUT2D eigenvalue weighted by Gasteiger charge is -2.30. The van der Waals surface area contributed by atoms with Gasteiger partial charge in [-0.15, -0.1) is 0 Å². The lowest BCUT2D eigenvalue weighted by Crippen LogP contribution is -2.41. The van der Waals surface area contributed by atoms with Crippen molar-refractivity contribution >= 4 is 0 Å². The monoisotopic (exact) mass is 399 g/mol. The number of morpholine rings is 1. The number of aromatic nitrogens is 1. The minimum absolute atomic E-state index is 0.104. The van der Waals surface area contributed by atoms with Gasteiger partial charge in [-0.1, -0.05) is 12.1 Å². The first-order valence-electron chi connectivity index (χ1n) is 10.4. The van der Waals surface area contributed by atoms with Crippen LogP contribution >= 0.6 is 0 Å². The third kappa shape index (κ3) is 6.99. The lowest BCUT2D eigenvalue weighted by atomic mass is 10.1. The van der Waals surface area contributed by atoms with Crippen molar-refractivity contribution in [3.8, 4) is 11.5 Å². The van der Waals surface area contributed by atoms with Crippen molar-refractivity contribution < 1.29 is 14.2 Å². The first-order chi connectivity index (χ1) is 14.1. The molecular formula is C23H33N3O3. The average molecular weight is 400 g/mol. The van der Waals surface area contributed by atoms with Gasteiger partial charge in [0.1, 0.15) is 0 Å². The topological polar surface area (TPSA) is 47.1 Å². The van der Waals surface area contributed by atoms with Crippen molar-refractivity contribution in [2.45, 2.75) is 33.0 Å². The molecule has 1 fully saturated rings. The predicted molar refractivity (Wildman–Crippen MR) is 114 cm³/mol. The van der Waals surface area contributed by atoms with Crippen molar-refractivity contribution in [2.24, 2.45) is 0 Å². The molecule has 1 aromatic carbocycles. The SMILES string of the molecule is COc1ccc(CN(CCN2CCOCC2)Cc2cccnc2)cc1OC(C)C. The van der Waals surface area contributed by atoms with Gasteiger partial charge in [0.25, 0.3) is 0 Å². The first kappa shape index (κ1) is 21.6. The van der Waals surface area contributed by atoms with E-state index in [1.165, 1.54) is 11.1 Å². The third-order valence-electron chi connectivity index (χ3n) is 4.96. The molecule has 158 valence electrons. The normalized spacial score (nSPS) is 15.1. The van der Waals surface area contributed by atoms with Gasteiger partial charge in [0.15, 0.2) is 11.5 Å². The molecule has 0 bridgehead atoms. The van der Waals surface area contributed by atoms with Gasteiger partial charge >= 0.3 is 0 Å². The number of hydrogen-bond donors (Lipinski definition) is 0. The molecule has 2 heterocycles. The fraction of sp³-hybridized carbons (Fsp3) is 0.522. The average Bonchev–Trinajstić information content (AvgIpc) is 2.73. The van der Waals surface area contributed by atoms with Crippen molar-refractivity contribution in [3.05, 3.63) is 53.9 Å². The number of rotatable bonds is 10. The van der Waals surface area contributed by atoms with E-state index in [2.05, 4.69) is 33.0 Å². The van der Waals surface area contributed by atoms with Crippen LogP contribution in [0.15, 0.2) is 42.7 Å². The van der Waals surface area contributed by atoms with Crippen molar-refractivity contribution in [2.75, 3.05) is 46.5 Å². The summed E-state index contributed by atoms with van der Waals surface area (Å²) in [5.74, 6) is 1.57. The maximum absolute atomic E-state index is 5.96. The quantitative estimate of drug-likeness (QED) is 0.611. The second kappa shape index (κ2) is 11.1. The third-order valence-corrected chi connectivity index (χ3v) is 4.96. The van der Waals surface area contributed by atoms with E-state index in [1.807, 2.05) is 38.4 Å². The summed E-state index contributed by atoms with van der Waals surface area (Å²) in [7, 11) is 1.68. The molecule has 6 nitrogen and oxygen atoms in total.